The lowest BCUT2D eigenvalue weighted by Crippen LogP contribution is -2.00. The molecule has 0 aliphatic carbocycles. The van der Waals surface area contributed by atoms with E-state index in [1.165, 1.54) is 0 Å². The van der Waals surface area contributed by atoms with Crippen LogP contribution in [0.5, 0.6) is 11.5 Å². The smallest absolute Gasteiger partial charge is 0.119 e. The molecule has 3 aromatic carbocycles. The van der Waals surface area contributed by atoms with Crippen molar-refractivity contribution in [3.8, 4) is 11.5 Å². The Morgan fingerprint density at radius 1 is 0.857 bits per heavy atom. The standard InChI is InChI=1S/C18H16O3/c1-21-17-4-2-3-14(11-17)18(20)15-6-5-13-10-16(19)8-7-12(13)9-15/h2-11,18-20H,1H3. The van der Waals surface area contributed by atoms with Crippen molar-refractivity contribution in [1.82, 2.24) is 0 Å². The quantitative estimate of drug-likeness (QED) is 0.770. The van der Waals surface area contributed by atoms with Gasteiger partial charge in [-0.1, -0.05) is 30.3 Å². The van der Waals surface area contributed by atoms with Gasteiger partial charge in [-0.25, -0.2) is 0 Å². The van der Waals surface area contributed by atoms with Gasteiger partial charge in [-0.05, 0) is 52.2 Å². The fraction of sp³-hybridized carbons (Fsp3) is 0.111. The van der Waals surface area contributed by atoms with E-state index in [0.29, 0.717) is 0 Å². The first kappa shape index (κ1) is 13.5. The summed E-state index contributed by atoms with van der Waals surface area (Å²) in [5.41, 5.74) is 1.59. The zero-order valence-corrected chi connectivity index (χ0v) is 11.7. The number of methoxy groups -OCH3 is 1. The Bertz CT molecular complexity index is 780. The minimum Gasteiger partial charge on any atom is -0.508 e. The molecule has 0 aromatic heterocycles. The van der Waals surface area contributed by atoms with Gasteiger partial charge in [-0.2, -0.15) is 0 Å². The van der Waals surface area contributed by atoms with Crippen LogP contribution < -0.4 is 4.74 Å². The fourth-order valence-electron chi connectivity index (χ4n) is 2.43. The van der Waals surface area contributed by atoms with Crippen LogP contribution in [0.4, 0.5) is 0 Å². The summed E-state index contributed by atoms with van der Waals surface area (Å²) in [4.78, 5) is 0. The first-order chi connectivity index (χ1) is 10.2. The van der Waals surface area contributed by atoms with E-state index in [4.69, 9.17) is 4.74 Å². The van der Waals surface area contributed by atoms with E-state index in [9.17, 15) is 10.2 Å². The zero-order valence-electron chi connectivity index (χ0n) is 11.7. The lowest BCUT2D eigenvalue weighted by molar-refractivity contribution is 0.220. The minimum atomic E-state index is -0.710. The number of aromatic hydroxyl groups is 1. The second-order valence-corrected chi connectivity index (χ2v) is 4.97. The molecule has 1 unspecified atom stereocenters. The van der Waals surface area contributed by atoms with Gasteiger partial charge in [0.25, 0.3) is 0 Å². The number of benzene rings is 3. The van der Waals surface area contributed by atoms with Crippen LogP contribution >= 0.6 is 0 Å². The summed E-state index contributed by atoms with van der Waals surface area (Å²) >= 11 is 0. The van der Waals surface area contributed by atoms with E-state index in [1.807, 2.05) is 48.5 Å². The van der Waals surface area contributed by atoms with Gasteiger partial charge in [0.1, 0.15) is 17.6 Å². The molecule has 0 spiro atoms. The molecule has 0 saturated carbocycles. The normalized spacial score (nSPS) is 12.3. The summed E-state index contributed by atoms with van der Waals surface area (Å²) in [6.45, 7) is 0. The van der Waals surface area contributed by atoms with Crippen molar-refractivity contribution in [2.24, 2.45) is 0 Å². The van der Waals surface area contributed by atoms with Crippen LogP contribution in [0.15, 0.2) is 60.7 Å². The molecule has 0 heterocycles. The molecular weight excluding hydrogens is 264 g/mol. The summed E-state index contributed by atoms with van der Waals surface area (Å²) in [5.74, 6) is 0.959. The molecule has 3 nitrogen and oxygen atoms in total. The summed E-state index contributed by atoms with van der Waals surface area (Å²) in [6, 6.07) is 18.3. The molecule has 3 aromatic rings. The third-order valence-electron chi connectivity index (χ3n) is 3.57. The summed E-state index contributed by atoms with van der Waals surface area (Å²) in [7, 11) is 1.61. The van der Waals surface area contributed by atoms with Crippen molar-refractivity contribution in [2.45, 2.75) is 6.10 Å². The highest BCUT2D eigenvalue weighted by molar-refractivity contribution is 5.84. The van der Waals surface area contributed by atoms with Gasteiger partial charge in [0, 0.05) is 0 Å². The van der Waals surface area contributed by atoms with Gasteiger partial charge < -0.3 is 14.9 Å². The van der Waals surface area contributed by atoms with Crippen LogP contribution in [0, 0.1) is 0 Å². The lowest BCUT2D eigenvalue weighted by atomic mass is 9.98. The molecule has 0 bridgehead atoms. The third kappa shape index (κ3) is 2.69. The molecule has 1 atom stereocenters. The van der Waals surface area contributed by atoms with E-state index in [2.05, 4.69) is 0 Å². The first-order valence-electron chi connectivity index (χ1n) is 6.72. The largest absolute Gasteiger partial charge is 0.508 e. The second kappa shape index (κ2) is 5.46. The summed E-state index contributed by atoms with van der Waals surface area (Å²) in [6.07, 6.45) is -0.710. The van der Waals surface area contributed by atoms with E-state index >= 15 is 0 Å². The summed E-state index contributed by atoms with van der Waals surface area (Å²) < 4.78 is 5.19. The average Bonchev–Trinajstić information content (AvgIpc) is 2.53. The molecule has 0 saturated heterocycles. The van der Waals surface area contributed by atoms with Gasteiger partial charge in [-0.15, -0.1) is 0 Å². The van der Waals surface area contributed by atoms with Gasteiger partial charge in [0.15, 0.2) is 0 Å². The molecule has 0 aliphatic rings. The Balaban J connectivity index is 2.00. The number of phenols is 1. The van der Waals surface area contributed by atoms with Crippen molar-refractivity contribution < 1.29 is 14.9 Å². The van der Waals surface area contributed by atoms with Crippen LogP contribution in [0.3, 0.4) is 0 Å². The van der Waals surface area contributed by atoms with Crippen LogP contribution in [-0.2, 0) is 0 Å². The number of phenolic OH excluding ortho intramolecular Hbond substituents is 1. The maximum atomic E-state index is 10.5. The number of ether oxygens (including phenoxy) is 1. The maximum absolute atomic E-state index is 10.5. The van der Waals surface area contributed by atoms with E-state index in [1.54, 1.807) is 19.2 Å². The Kier molecular flexibility index (Phi) is 3.50. The molecule has 0 fully saturated rings. The van der Waals surface area contributed by atoms with E-state index < -0.39 is 6.10 Å². The van der Waals surface area contributed by atoms with Crippen molar-refractivity contribution >= 4 is 10.8 Å². The maximum Gasteiger partial charge on any atom is 0.119 e. The van der Waals surface area contributed by atoms with Crippen LogP contribution in [0.2, 0.25) is 0 Å². The van der Waals surface area contributed by atoms with Gasteiger partial charge >= 0.3 is 0 Å². The number of fused-ring (bicyclic) bond motifs is 1. The monoisotopic (exact) mass is 280 g/mol. The first-order valence-corrected chi connectivity index (χ1v) is 6.72. The SMILES string of the molecule is COc1cccc(C(O)c2ccc3cc(O)ccc3c2)c1. The Morgan fingerprint density at radius 2 is 1.57 bits per heavy atom. The number of hydrogen-bond acceptors (Lipinski definition) is 3. The highest BCUT2D eigenvalue weighted by Gasteiger charge is 2.11. The van der Waals surface area contributed by atoms with Gasteiger partial charge in [0.2, 0.25) is 0 Å². The second-order valence-electron chi connectivity index (χ2n) is 4.97. The lowest BCUT2D eigenvalue weighted by Gasteiger charge is -2.13. The predicted molar refractivity (Wildman–Crippen MR) is 82.7 cm³/mol. The molecule has 0 amide bonds. The number of aliphatic hydroxyl groups is 1. The molecule has 21 heavy (non-hydrogen) atoms. The topological polar surface area (TPSA) is 49.7 Å². The predicted octanol–water partition coefficient (Wildman–Crippen LogP) is 3.64. The number of rotatable bonds is 3. The Morgan fingerprint density at radius 3 is 2.38 bits per heavy atom. The highest BCUT2D eigenvalue weighted by atomic mass is 16.5. The van der Waals surface area contributed by atoms with Crippen molar-refractivity contribution in [3.63, 3.8) is 0 Å². The average molecular weight is 280 g/mol. The van der Waals surface area contributed by atoms with E-state index in [-0.39, 0.29) is 5.75 Å². The fourth-order valence-corrected chi connectivity index (χ4v) is 2.43. The Hall–Kier alpha value is -2.52. The molecular formula is C18H16O3. The number of hydrogen-bond donors (Lipinski definition) is 2. The van der Waals surface area contributed by atoms with Crippen LogP contribution in [-0.4, -0.2) is 17.3 Å². The molecule has 0 aliphatic heterocycles. The Labute approximate surface area is 123 Å². The van der Waals surface area contributed by atoms with E-state index in [0.717, 1.165) is 27.6 Å². The summed E-state index contributed by atoms with van der Waals surface area (Å²) in [5, 5.41) is 21.9. The zero-order chi connectivity index (χ0) is 14.8. The van der Waals surface area contributed by atoms with Crippen LogP contribution in [0.1, 0.15) is 17.2 Å². The van der Waals surface area contributed by atoms with Gasteiger partial charge in [0.05, 0.1) is 7.11 Å². The number of aliphatic hydroxyl groups excluding tert-OH is 1. The van der Waals surface area contributed by atoms with Gasteiger partial charge in [-0.3, -0.25) is 0 Å². The van der Waals surface area contributed by atoms with Crippen LogP contribution in [0.25, 0.3) is 10.8 Å². The highest BCUT2D eigenvalue weighted by Crippen LogP contribution is 2.28. The molecule has 2 N–H and O–H groups in total. The third-order valence-corrected chi connectivity index (χ3v) is 3.57. The molecule has 3 rings (SSSR count). The molecule has 106 valence electrons. The van der Waals surface area contributed by atoms with Crippen molar-refractivity contribution in [1.29, 1.82) is 0 Å². The minimum absolute atomic E-state index is 0.239. The molecule has 0 radical (unpaired) electrons. The van der Waals surface area contributed by atoms with Crippen molar-refractivity contribution in [3.05, 3.63) is 71.8 Å². The molecule has 3 heteroatoms. The van der Waals surface area contributed by atoms with Crippen molar-refractivity contribution in [2.75, 3.05) is 7.11 Å².